The molecule has 0 aromatic carbocycles. The average Bonchev–Trinajstić information content (AvgIpc) is 2.49. The lowest BCUT2D eigenvalue weighted by atomic mass is 10.2. The highest BCUT2D eigenvalue weighted by Gasteiger charge is 2.17. The maximum atomic E-state index is 5.47. The first-order chi connectivity index (χ1) is 6.38. The lowest BCUT2D eigenvalue weighted by Gasteiger charge is -2.26. The van der Waals surface area contributed by atoms with Gasteiger partial charge in [0.1, 0.15) is 6.61 Å². The van der Waals surface area contributed by atoms with E-state index in [1.807, 2.05) is 0 Å². The van der Waals surface area contributed by atoms with E-state index in [0.29, 0.717) is 24.4 Å². The van der Waals surface area contributed by atoms with E-state index in [0.717, 1.165) is 13.1 Å². The minimum atomic E-state index is 0.316. The molecule has 13 heavy (non-hydrogen) atoms. The van der Waals surface area contributed by atoms with Gasteiger partial charge in [0.25, 0.3) is 5.88 Å². The number of nitrogens with zero attached hydrogens (tertiary/aromatic N) is 1. The molecule has 0 aliphatic carbocycles. The molecule has 72 valence electrons. The normalized spacial score (nSPS) is 17.0. The number of ether oxygens (including phenoxy) is 2. The van der Waals surface area contributed by atoms with E-state index in [2.05, 4.69) is 10.5 Å². The SMILES string of the molecule is COc1cc(COC2CNC2)on1. The largest absolute Gasteiger partial charge is 0.479 e. The monoisotopic (exact) mass is 184 g/mol. The van der Waals surface area contributed by atoms with E-state index in [9.17, 15) is 0 Å². The summed E-state index contributed by atoms with van der Waals surface area (Å²) < 4.78 is 15.3. The van der Waals surface area contributed by atoms with Gasteiger partial charge in [-0.3, -0.25) is 0 Å². The molecule has 1 aromatic heterocycles. The molecule has 0 amide bonds. The summed E-state index contributed by atoms with van der Waals surface area (Å²) in [7, 11) is 1.55. The summed E-state index contributed by atoms with van der Waals surface area (Å²) in [4.78, 5) is 0. The molecule has 5 heteroatoms. The third kappa shape index (κ3) is 1.99. The number of hydrogen-bond acceptors (Lipinski definition) is 5. The summed E-state index contributed by atoms with van der Waals surface area (Å²) in [5.74, 6) is 1.19. The van der Waals surface area contributed by atoms with E-state index in [1.54, 1.807) is 13.2 Å². The number of hydrogen-bond donors (Lipinski definition) is 1. The van der Waals surface area contributed by atoms with Gasteiger partial charge >= 0.3 is 0 Å². The van der Waals surface area contributed by atoms with E-state index in [4.69, 9.17) is 14.0 Å². The minimum Gasteiger partial charge on any atom is -0.479 e. The molecular formula is C8H12N2O3. The van der Waals surface area contributed by atoms with E-state index < -0.39 is 0 Å². The second-order valence-corrected chi connectivity index (χ2v) is 2.93. The van der Waals surface area contributed by atoms with Gasteiger partial charge in [-0.1, -0.05) is 0 Å². The van der Waals surface area contributed by atoms with Gasteiger partial charge in [0.15, 0.2) is 5.76 Å². The van der Waals surface area contributed by atoms with Crippen molar-refractivity contribution in [3.05, 3.63) is 11.8 Å². The summed E-state index contributed by atoms with van der Waals surface area (Å²) in [6.07, 6.45) is 0.316. The molecule has 1 saturated heterocycles. The van der Waals surface area contributed by atoms with Crippen LogP contribution in [-0.4, -0.2) is 31.5 Å². The van der Waals surface area contributed by atoms with Gasteiger partial charge in [-0.2, -0.15) is 0 Å². The maximum absolute atomic E-state index is 5.47. The van der Waals surface area contributed by atoms with Crippen LogP contribution in [0.3, 0.4) is 0 Å². The molecule has 1 N–H and O–H groups in total. The maximum Gasteiger partial charge on any atom is 0.254 e. The first-order valence-corrected chi connectivity index (χ1v) is 4.20. The number of methoxy groups -OCH3 is 1. The van der Waals surface area contributed by atoms with E-state index in [-0.39, 0.29) is 0 Å². The van der Waals surface area contributed by atoms with Crippen molar-refractivity contribution in [1.82, 2.24) is 10.5 Å². The summed E-state index contributed by atoms with van der Waals surface area (Å²) in [5.41, 5.74) is 0. The van der Waals surface area contributed by atoms with Crippen LogP contribution in [0.4, 0.5) is 0 Å². The molecular weight excluding hydrogens is 172 g/mol. The Bertz CT molecular complexity index is 270. The van der Waals surface area contributed by atoms with Crippen molar-refractivity contribution in [3.8, 4) is 5.88 Å². The Kier molecular flexibility index (Phi) is 2.47. The van der Waals surface area contributed by atoms with Crippen molar-refractivity contribution in [3.63, 3.8) is 0 Å². The minimum absolute atomic E-state index is 0.316. The van der Waals surface area contributed by atoms with Gasteiger partial charge in [0, 0.05) is 19.2 Å². The molecule has 0 bridgehead atoms. The number of aromatic nitrogens is 1. The van der Waals surface area contributed by atoms with Crippen molar-refractivity contribution in [2.24, 2.45) is 0 Å². The van der Waals surface area contributed by atoms with Crippen LogP contribution in [0.15, 0.2) is 10.6 Å². The Balaban J connectivity index is 1.79. The second kappa shape index (κ2) is 3.76. The molecule has 0 spiro atoms. The lowest BCUT2D eigenvalue weighted by Crippen LogP contribution is -2.48. The van der Waals surface area contributed by atoms with Crippen molar-refractivity contribution >= 4 is 0 Å². The van der Waals surface area contributed by atoms with Crippen molar-refractivity contribution < 1.29 is 14.0 Å². The topological polar surface area (TPSA) is 56.5 Å². The van der Waals surface area contributed by atoms with Crippen LogP contribution in [0.1, 0.15) is 5.76 Å². The Hall–Kier alpha value is -1.07. The quantitative estimate of drug-likeness (QED) is 0.723. The Labute approximate surface area is 76.0 Å². The van der Waals surface area contributed by atoms with E-state index in [1.165, 1.54) is 0 Å². The van der Waals surface area contributed by atoms with Gasteiger partial charge in [-0.05, 0) is 5.16 Å². The molecule has 1 fully saturated rings. The van der Waals surface area contributed by atoms with Gasteiger partial charge in [0.05, 0.1) is 13.2 Å². The summed E-state index contributed by atoms with van der Waals surface area (Å²) in [6, 6.07) is 1.73. The Morgan fingerprint density at radius 3 is 3.08 bits per heavy atom. The third-order valence-corrected chi connectivity index (χ3v) is 1.95. The first kappa shape index (κ1) is 8.52. The van der Waals surface area contributed by atoms with Crippen LogP contribution in [0, 0.1) is 0 Å². The van der Waals surface area contributed by atoms with Crippen LogP contribution < -0.4 is 10.1 Å². The highest BCUT2D eigenvalue weighted by Crippen LogP contribution is 2.12. The molecule has 1 aromatic rings. The highest BCUT2D eigenvalue weighted by molar-refractivity contribution is 5.09. The molecule has 0 unspecified atom stereocenters. The molecule has 5 nitrogen and oxygen atoms in total. The predicted molar refractivity (Wildman–Crippen MR) is 44.5 cm³/mol. The highest BCUT2D eigenvalue weighted by atomic mass is 16.5. The van der Waals surface area contributed by atoms with Gasteiger partial charge in [0.2, 0.25) is 0 Å². The molecule has 2 heterocycles. The van der Waals surface area contributed by atoms with Crippen LogP contribution in [0.5, 0.6) is 5.88 Å². The van der Waals surface area contributed by atoms with Crippen LogP contribution in [-0.2, 0) is 11.3 Å². The summed E-state index contributed by atoms with van der Waals surface area (Å²) >= 11 is 0. The third-order valence-electron chi connectivity index (χ3n) is 1.95. The predicted octanol–water partition coefficient (Wildman–Crippen LogP) is 0.172. The Morgan fingerprint density at radius 1 is 1.69 bits per heavy atom. The molecule has 1 aliphatic heterocycles. The smallest absolute Gasteiger partial charge is 0.254 e. The first-order valence-electron chi connectivity index (χ1n) is 4.20. The second-order valence-electron chi connectivity index (χ2n) is 2.93. The number of nitrogens with one attached hydrogen (secondary N) is 1. The standard InChI is InChI=1S/C8H12N2O3/c1-11-8-2-6(13-10-8)5-12-7-3-9-4-7/h2,7,9H,3-5H2,1H3. The van der Waals surface area contributed by atoms with Gasteiger partial charge < -0.3 is 19.3 Å². The molecule has 0 atom stereocenters. The van der Waals surface area contributed by atoms with Gasteiger partial charge in [-0.25, -0.2) is 0 Å². The zero-order valence-corrected chi connectivity index (χ0v) is 7.45. The zero-order chi connectivity index (χ0) is 9.10. The van der Waals surface area contributed by atoms with Crippen LogP contribution >= 0.6 is 0 Å². The molecule has 0 saturated carbocycles. The van der Waals surface area contributed by atoms with Crippen molar-refractivity contribution in [1.29, 1.82) is 0 Å². The zero-order valence-electron chi connectivity index (χ0n) is 7.45. The lowest BCUT2D eigenvalue weighted by molar-refractivity contribution is -0.00203. The Morgan fingerprint density at radius 2 is 2.54 bits per heavy atom. The number of rotatable bonds is 4. The van der Waals surface area contributed by atoms with Crippen LogP contribution in [0.2, 0.25) is 0 Å². The fourth-order valence-corrected chi connectivity index (χ4v) is 1.04. The summed E-state index contributed by atoms with van der Waals surface area (Å²) in [5, 5.41) is 6.78. The van der Waals surface area contributed by atoms with E-state index >= 15 is 0 Å². The fraction of sp³-hybridized carbons (Fsp3) is 0.625. The molecule has 0 radical (unpaired) electrons. The molecule has 1 aliphatic rings. The average molecular weight is 184 g/mol. The molecule has 2 rings (SSSR count). The summed E-state index contributed by atoms with van der Waals surface area (Å²) in [6.45, 7) is 2.30. The van der Waals surface area contributed by atoms with Crippen LogP contribution in [0.25, 0.3) is 0 Å². The van der Waals surface area contributed by atoms with Crippen molar-refractivity contribution in [2.45, 2.75) is 12.7 Å². The fourth-order valence-electron chi connectivity index (χ4n) is 1.04. The van der Waals surface area contributed by atoms with Gasteiger partial charge in [-0.15, -0.1) is 0 Å². The van der Waals surface area contributed by atoms with Crippen molar-refractivity contribution in [2.75, 3.05) is 20.2 Å².